The number of aryl methyl sites for hydroxylation is 2. The van der Waals surface area contributed by atoms with Crippen molar-refractivity contribution in [3.05, 3.63) is 51.6 Å². The van der Waals surface area contributed by atoms with Crippen LogP contribution in [0.5, 0.6) is 17.2 Å². The van der Waals surface area contributed by atoms with Crippen LogP contribution < -0.4 is 14.4 Å². The van der Waals surface area contributed by atoms with E-state index in [0.717, 1.165) is 16.0 Å². The third-order valence-electron chi connectivity index (χ3n) is 3.78. The molecule has 2 aromatic carbocycles. The molecule has 0 saturated heterocycles. The van der Waals surface area contributed by atoms with Gasteiger partial charge in [-0.25, -0.2) is 4.79 Å². The van der Waals surface area contributed by atoms with Gasteiger partial charge in [-0.15, -0.1) is 0 Å². The summed E-state index contributed by atoms with van der Waals surface area (Å²) in [6.45, 7) is 3.82. The molecule has 0 atom stereocenters. The Hall–Kier alpha value is -3.33. The molecule has 0 bridgehead atoms. The van der Waals surface area contributed by atoms with Crippen molar-refractivity contribution in [1.82, 2.24) is 0 Å². The van der Waals surface area contributed by atoms with Crippen LogP contribution in [-0.2, 0) is 4.74 Å². The van der Waals surface area contributed by atoms with Crippen LogP contribution in [0.25, 0.3) is 0 Å². The number of carbonyl (C=O) groups is 1. The highest BCUT2D eigenvalue weighted by atomic mass is 16.7. The van der Waals surface area contributed by atoms with Crippen molar-refractivity contribution in [2.45, 2.75) is 13.8 Å². The number of ether oxygens (including phenoxy) is 3. The van der Waals surface area contributed by atoms with Crippen molar-refractivity contribution in [2.24, 2.45) is 0 Å². The third kappa shape index (κ3) is 4.64. The number of nitrogens with zero attached hydrogens (tertiary/aromatic N) is 2. The minimum atomic E-state index is -1.32. The maximum atomic E-state index is 11.2. The fourth-order valence-corrected chi connectivity index (χ4v) is 2.54. The first-order valence-corrected chi connectivity index (χ1v) is 7.90. The van der Waals surface area contributed by atoms with Crippen LogP contribution in [0.1, 0.15) is 11.1 Å². The number of methoxy groups -OCH3 is 1. The average Bonchev–Trinajstić information content (AvgIpc) is 2.60. The lowest BCUT2D eigenvalue weighted by atomic mass is 10.1. The van der Waals surface area contributed by atoms with Gasteiger partial charge in [-0.3, -0.25) is 15.0 Å². The predicted octanol–water partition coefficient (Wildman–Crippen LogP) is 4.10. The Labute approximate surface area is 155 Å². The molecule has 144 valence electrons. The van der Waals surface area contributed by atoms with Crippen LogP contribution in [0, 0.1) is 24.0 Å². The number of anilines is 1. The normalized spacial score (nSPS) is 10.4. The first kappa shape index (κ1) is 20.0. The summed E-state index contributed by atoms with van der Waals surface area (Å²) in [4.78, 5) is 22.5. The SMILES string of the molecule is COCOc1c(C)cc(Oc2ccc([N+](=O)[O-])c(N(C)C(=O)O)c2)cc1C. The molecule has 2 aromatic rings. The number of hydrogen-bond acceptors (Lipinski definition) is 6. The molecular formula is C18H20N2O7. The summed E-state index contributed by atoms with van der Waals surface area (Å²) < 4.78 is 16.2. The molecule has 1 amide bonds. The van der Waals surface area contributed by atoms with Crippen LogP contribution in [0.15, 0.2) is 30.3 Å². The standard InChI is InChI=1S/C18H20N2O7/c1-11-7-14(8-12(2)17(11)26-10-25-4)27-13-5-6-15(20(23)24)16(9-13)19(3)18(21)22/h5-9H,10H2,1-4H3,(H,21,22). The lowest BCUT2D eigenvalue weighted by Gasteiger charge is -2.16. The number of benzene rings is 2. The van der Waals surface area contributed by atoms with Crippen molar-refractivity contribution in [3.8, 4) is 17.2 Å². The van der Waals surface area contributed by atoms with Crippen molar-refractivity contribution < 1.29 is 29.0 Å². The number of nitro groups is 1. The summed E-state index contributed by atoms with van der Waals surface area (Å²) in [6, 6.07) is 7.43. The summed E-state index contributed by atoms with van der Waals surface area (Å²) in [5.74, 6) is 1.44. The Balaban J connectivity index is 2.36. The van der Waals surface area contributed by atoms with E-state index >= 15 is 0 Å². The van der Waals surface area contributed by atoms with Crippen molar-refractivity contribution in [3.63, 3.8) is 0 Å². The summed E-state index contributed by atoms with van der Waals surface area (Å²) in [6.07, 6.45) is -1.32. The average molecular weight is 376 g/mol. The molecule has 0 radical (unpaired) electrons. The van der Waals surface area contributed by atoms with Gasteiger partial charge in [0, 0.05) is 26.3 Å². The monoisotopic (exact) mass is 376 g/mol. The van der Waals surface area contributed by atoms with Crippen LogP contribution in [0.3, 0.4) is 0 Å². The van der Waals surface area contributed by atoms with Gasteiger partial charge in [0.15, 0.2) is 6.79 Å². The van der Waals surface area contributed by atoms with Crippen LogP contribution in [0.2, 0.25) is 0 Å². The van der Waals surface area contributed by atoms with Gasteiger partial charge in [-0.2, -0.15) is 0 Å². The molecule has 0 spiro atoms. The maximum absolute atomic E-state index is 11.2. The molecule has 0 heterocycles. The Morgan fingerprint density at radius 3 is 2.33 bits per heavy atom. The summed E-state index contributed by atoms with van der Waals surface area (Å²) in [5.41, 5.74) is 1.24. The molecule has 0 aliphatic heterocycles. The zero-order valence-corrected chi connectivity index (χ0v) is 15.4. The van der Waals surface area contributed by atoms with Gasteiger partial charge < -0.3 is 19.3 Å². The molecule has 0 saturated carbocycles. The topological polar surface area (TPSA) is 111 Å². The van der Waals surface area contributed by atoms with Crippen LogP contribution in [0.4, 0.5) is 16.2 Å². The van der Waals surface area contributed by atoms with Gasteiger partial charge in [0.2, 0.25) is 0 Å². The Morgan fingerprint density at radius 1 is 1.19 bits per heavy atom. The minimum Gasteiger partial charge on any atom is -0.467 e. The Morgan fingerprint density at radius 2 is 1.81 bits per heavy atom. The van der Waals surface area contributed by atoms with E-state index in [1.807, 2.05) is 13.8 Å². The first-order valence-electron chi connectivity index (χ1n) is 7.90. The number of hydrogen-bond donors (Lipinski definition) is 1. The molecule has 0 fully saturated rings. The molecule has 0 aromatic heterocycles. The number of amides is 1. The fraction of sp³-hybridized carbons (Fsp3) is 0.278. The second-order valence-electron chi connectivity index (χ2n) is 5.79. The molecule has 9 heteroatoms. The Bertz CT molecular complexity index is 844. The van der Waals surface area contributed by atoms with Gasteiger partial charge >= 0.3 is 6.09 Å². The predicted molar refractivity (Wildman–Crippen MR) is 98.0 cm³/mol. The van der Waals surface area contributed by atoms with Gasteiger partial charge in [-0.05, 0) is 43.2 Å². The fourth-order valence-electron chi connectivity index (χ4n) is 2.54. The Kier molecular flexibility index (Phi) is 6.19. The lowest BCUT2D eigenvalue weighted by molar-refractivity contribution is -0.384. The highest BCUT2D eigenvalue weighted by molar-refractivity contribution is 5.89. The van der Waals surface area contributed by atoms with Gasteiger partial charge in [0.25, 0.3) is 5.69 Å². The second-order valence-corrected chi connectivity index (χ2v) is 5.79. The van der Waals surface area contributed by atoms with Gasteiger partial charge in [0.1, 0.15) is 22.9 Å². The number of carboxylic acid groups (broad SMARTS) is 1. The zero-order chi connectivity index (χ0) is 20.1. The molecular weight excluding hydrogens is 356 g/mol. The van der Waals surface area contributed by atoms with Crippen molar-refractivity contribution in [1.29, 1.82) is 0 Å². The van der Waals surface area contributed by atoms with Crippen molar-refractivity contribution >= 4 is 17.5 Å². The zero-order valence-electron chi connectivity index (χ0n) is 15.4. The van der Waals surface area contributed by atoms with Crippen LogP contribution >= 0.6 is 0 Å². The third-order valence-corrected chi connectivity index (χ3v) is 3.78. The van der Waals surface area contributed by atoms with E-state index < -0.39 is 11.0 Å². The summed E-state index contributed by atoms with van der Waals surface area (Å²) >= 11 is 0. The van der Waals surface area contributed by atoms with E-state index in [4.69, 9.17) is 19.3 Å². The van der Waals surface area contributed by atoms with E-state index in [2.05, 4.69) is 0 Å². The van der Waals surface area contributed by atoms with Gasteiger partial charge in [0.05, 0.1) is 4.92 Å². The molecule has 0 aliphatic rings. The number of rotatable bonds is 7. The molecule has 1 N–H and O–H groups in total. The summed E-state index contributed by atoms with van der Waals surface area (Å²) in [7, 11) is 2.76. The molecule has 2 rings (SSSR count). The molecule has 0 aliphatic carbocycles. The van der Waals surface area contributed by atoms with E-state index in [9.17, 15) is 14.9 Å². The second kappa shape index (κ2) is 8.37. The van der Waals surface area contributed by atoms with Gasteiger partial charge in [-0.1, -0.05) is 0 Å². The van der Waals surface area contributed by atoms with Crippen LogP contribution in [-0.4, -0.2) is 37.1 Å². The van der Waals surface area contributed by atoms with E-state index in [-0.39, 0.29) is 23.9 Å². The van der Waals surface area contributed by atoms with E-state index in [0.29, 0.717) is 11.5 Å². The van der Waals surface area contributed by atoms with E-state index in [1.165, 1.54) is 32.4 Å². The first-order chi connectivity index (χ1) is 12.7. The largest absolute Gasteiger partial charge is 0.467 e. The van der Waals surface area contributed by atoms with Crippen molar-refractivity contribution in [2.75, 3.05) is 25.9 Å². The molecule has 9 nitrogen and oxygen atoms in total. The summed E-state index contributed by atoms with van der Waals surface area (Å²) in [5, 5.41) is 20.3. The number of nitro benzene ring substituents is 1. The smallest absolute Gasteiger partial charge is 0.411 e. The lowest BCUT2D eigenvalue weighted by Crippen LogP contribution is -2.24. The highest BCUT2D eigenvalue weighted by Gasteiger charge is 2.22. The molecule has 27 heavy (non-hydrogen) atoms. The van der Waals surface area contributed by atoms with E-state index in [1.54, 1.807) is 12.1 Å². The quantitative estimate of drug-likeness (QED) is 0.440. The highest BCUT2D eigenvalue weighted by Crippen LogP contribution is 2.35. The minimum absolute atomic E-state index is 0.0847. The maximum Gasteiger partial charge on any atom is 0.411 e. The molecule has 0 unspecified atom stereocenters.